The Labute approximate surface area is 339 Å². The van der Waals surface area contributed by atoms with Gasteiger partial charge in [-0.05, 0) is 55.5 Å². The summed E-state index contributed by atoms with van der Waals surface area (Å²) in [5, 5.41) is 15.0. The van der Waals surface area contributed by atoms with Crippen molar-refractivity contribution in [3.8, 4) is 0 Å². The van der Waals surface area contributed by atoms with Gasteiger partial charge in [-0.1, -0.05) is 175 Å². The van der Waals surface area contributed by atoms with Gasteiger partial charge in [0.15, 0.2) is 0 Å². The Morgan fingerprint density at radius 2 is 0.750 bits per heavy atom. The molecule has 0 fully saturated rings. The Morgan fingerprint density at radius 1 is 0.518 bits per heavy atom. The average molecular weight is 835 g/mol. The molecule has 0 bridgehead atoms. The molecular formula is C44H62N2O6S2Si2. The quantitative estimate of drug-likeness (QED) is 0.0920. The molecule has 56 heavy (non-hydrogen) atoms. The van der Waals surface area contributed by atoms with E-state index in [0.29, 0.717) is 26.1 Å². The van der Waals surface area contributed by atoms with Gasteiger partial charge in [-0.2, -0.15) is 0 Å². The van der Waals surface area contributed by atoms with E-state index in [2.05, 4.69) is 103 Å². The Balaban J connectivity index is 0.000000300. The van der Waals surface area contributed by atoms with Gasteiger partial charge in [0.1, 0.15) is 0 Å². The summed E-state index contributed by atoms with van der Waals surface area (Å²) in [6.45, 7) is 21.3. The fourth-order valence-corrected chi connectivity index (χ4v) is 18.6. The van der Waals surface area contributed by atoms with E-state index in [4.69, 9.17) is 19.1 Å². The van der Waals surface area contributed by atoms with Crippen LogP contribution in [-0.4, -0.2) is 58.2 Å². The first-order chi connectivity index (χ1) is 26.2. The Kier molecular flexibility index (Phi) is 17.0. The lowest BCUT2D eigenvalue weighted by Gasteiger charge is -2.43. The molecule has 4 aromatic carbocycles. The predicted octanol–water partition coefficient (Wildman–Crippen LogP) is 6.09. The van der Waals surface area contributed by atoms with E-state index < -0.39 is 36.7 Å². The molecule has 0 saturated heterocycles. The monoisotopic (exact) mass is 834 g/mol. The lowest BCUT2D eigenvalue weighted by molar-refractivity contribution is 0.247. The highest BCUT2D eigenvalue weighted by Gasteiger charge is 2.51. The molecule has 4 N–H and O–H groups in total. The molecule has 12 heteroatoms. The smallest absolute Gasteiger partial charge is 0.261 e. The van der Waals surface area contributed by atoms with E-state index >= 15 is 0 Å². The van der Waals surface area contributed by atoms with Crippen LogP contribution in [-0.2, 0) is 28.9 Å². The van der Waals surface area contributed by atoms with E-state index in [9.17, 15) is 16.8 Å². The molecule has 0 unspecified atom stereocenters. The number of primary sulfonamides is 2. The summed E-state index contributed by atoms with van der Waals surface area (Å²) in [6.07, 6.45) is 4.53. The van der Waals surface area contributed by atoms with Crippen LogP contribution >= 0.6 is 0 Å². The summed E-state index contributed by atoms with van der Waals surface area (Å²) < 4.78 is 60.3. The SMILES string of the molecule is C=CC[C@@H](CO[Si](c1ccccc1)(c1ccccc1)C(C)(C)C)CS(N)(=O)=O.C=CC[C@H](CO[Si](c1ccccc1)(c1ccccc1)C(C)(C)C)CS(N)(=O)=O. The maximum atomic E-state index is 11.7. The Hall–Kier alpha value is -3.47. The van der Waals surface area contributed by atoms with E-state index in [1.165, 1.54) is 20.7 Å². The number of benzene rings is 4. The van der Waals surface area contributed by atoms with E-state index in [1.807, 2.05) is 72.8 Å². The molecule has 0 heterocycles. The second-order valence-electron chi connectivity index (χ2n) is 16.4. The third-order valence-electron chi connectivity index (χ3n) is 9.84. The minimum Gasteiger partial charge on any atom is -0.407 e. The zero-order chi connectivity index (χ0) is 41.7. The highest BCUT2D eigenvalue weighted by atomic mass is 32.2. The molecule has 0 amide bonds. The van der Waals surface area contributed by atoms with Gasteiger partial charge in [-0.25, -0.2) is 27.1 Å². The lowest BCUT2D eigenvalue weighted by atomic mass is 10.1. The molecule has 0 aromatic heterocycles. The topological polar surface area (TPSA) is 139 Å². The zero-order valence-corrected chi connectivity index (χ0v) is 37.6. The normalized spacial score (nSPS) is 13.9. The number of rotatable bonds is 18. The van der Waals surface area contributed by atoms with Crippen LogP contribution in [0.25, 0.3) is 0 Å². The summed E-state index contributed by atoms with van der Waals surface area (Å²) in [5.41, 5.74) is 0. The largest absolute Gasteiger partial charge is 0.407 e. The predicted molar refractivity (Wildman–Crippen MR) is 240 cm³/mol. The van der Waals surface area contributed by atoms with Crippen molar-refractivity contribution in [3.05, 3.63) is 147 Å². The minimum atomic E-state index is -3.59. The van der Waals surface area contributed by atoms with Gasteiger partial charge in [0, 0.05) is 13.2 Å². The van der Waals surface area contributed by atoms with Gasteiger partial charge in [-0.3, -0.25) is 0 Å². The molecule has 4 rings (SSSR count). The third-order valence-corrected chi connectivity index (χ3v) is 21.7. The van der Waals surface area contributed by atoms with Gasteiger partial charge in [0.25, 0.3) is 16.6 Å². The van der Waals surface area contributed by atoms with Crippen LogP contribution in [0, 0.1) is 11.8 Å². The molecule has 0 aliphatic carbocycles. The van der Waals surface area contributed by atoms with Gasteiger partial charge in [0.2, 0.25) is 20.0 Å². The molecule has 8 nitrogen and oxygen atoms in total. The minimum absolute atomic E-state index is 0.114. The van der Waals surface area contributed by atoms with Crippen molar-refractivity contribution in [1.29, 1.82) is 0 Å². The van der Waals surface area contributed by atoms with Crippen LogP contribution in [0.2, 0.25) is 10.1 Å². The van der Waals surface area contributed by atoms with Crippen LogP contribution in [0.15, 0.2) is 147 Å². The number of allylic oxidation sites excluding steroid dienone is 2. The van der Waals surface area contributed by atoms with E-state index in [-0.39, 0.29) is 33.4 Å². The first-order valence-electron chi connectivity index (χ1n) is 18.9. The third kappa shape index (κ3) is 12.8. The first kappa shape index (κ1) is 46.9. The maximum absolute atomic E-state index is 11.7. The molecular weight excluding hydrogens is 773 g/mol. The van der Waals surface area contributed by atoms with Gasteiger partial charge >= 0.3 is 0 Å². The molecule has 0 spiro atoms. The summed E-state index contributed by atoms with van der Waals surface area (Å²) in [4.78, 5) is 0. The Bertz CT molecular complexity index is 1790. The Morgan fingerprint density at radius 3 is 0.929 bits per heavy atom. The van der Waals surface area contributed by atoms with E-state index in [0.717, 1.165) is 0 Å². The van der Waals surface area contributed by atoms with Crippen molar-refractivity contribution in [1.82, 2.24) is 0 Å². The van der Waals surface area contributed by atoms with Crippen molar-refractivity contribution < 1.29 is 25.7 Å². The zero-order valence-electron chi connectivity index (χ0n) is 33.9. The van der Waals surface area contributed by atoms with Gasteiger partial charge in [-0.15, -0.1) is 13.2 Å². The van der Waals surface area contributed by atoms with E-state index in [1.54, 1.807) is 12.2 Å². The highest BCUT2D eigenvalue weighted by Crippen LogP contribution is 2.38. The molecule has 2 atom stereocenters. The average Bonchev–Trinajstić information content (AvgIpc) is 3.12. The lowest BCUT2D eigenvalue weighted by Crippen LogP contribution is -2.67. The molecule has 304 valence electrons. The number of hydrogen-bond acceptors (Lipinski definition) is 6. The second kappa shape index (κ2) is 20.3. The molecule has 0 aliphatic rings. The number of nitrogens with two attached hydrogens (primary N) is 2. The molecule has 0 aliphatic heterocycles. The van der Waals surface area contributed by atoms with Crippen molar-refractivity contribution >= 4 is 57.4 Å². The summed E-state index contributed by atoms with van der Waals surface area (Å²) in [6, 6.07) is 41.2. The summed E-state index contributed by atoms with van der Waals surface area (Å²) in [5.74, 6) is -0.683. The first-order valence-corrected chi connectivity index (χ1v) is 26.2. The molecule has 0 saturated carbocycles. The maximum Gasteiger partial charge on any atom is 0.261 e. The number of hydrogen-bond donors (Lipinski definition) is 2. The van der Waals surface area contributed by atoms with Crippen LogP contribution < -0.4 is 31.0 Å². The van der Waals surface area contributed by atoms with Crippen LogP contribution in [0.4, 0.5) is 0 Å². The standard InChI is InChI=1S/2C22H31NO3SSi/c2*1-5-12-19(18-27(23,24)25)17-26-28(22(2,3)4,20-13-8-6-9-14-20)21-15-10-7-11-16-21/h2*5-11,13-16,19H,1,12,17-18H2,2-4H3,(H2,23,24,25)/t2*19-/m10/s1. The van der Waals surface area contributed by atoms with Crippen molar-refractivity contribution in [2.24, 2.45) is 22.1 Å². The van der Waals surface area contributed by atoms with Crippen LogP contribution in [0.1, 0.15) is 54.4 Å². The fourth-order valence-electron chi connectivity index (χ4n) is 7.51. The van der Waals surface area contributed by atoms with Crippen LogP contribution in [0.5, 0.6) is 0 Å². The summed E-state index contributed by atoms with van der Waals surface area (Å²) in [7, 11) is -12.6. The van der Waals surface area contributed by atoms with Gasteiger partial charge in [0.05, 0.1) is 11.5 Å². The fraction of sp³-hybridized carbons (Fsp3) is 0.364. The van der Waals surface area contributed by atoms with Crippen molar-refractivity contribution in [2.45, 2.75) is 64.5 Å². The van der Waals surface area contributed by atoms with Gasteiger partial charge < -0.3 is 8.85 Å². The second-order valence-corrected chi connectivity index (χ2v) is 28.3. The molecule has 0 radical (unpaired) electrons. The molecule has 4 aromatic rings. The summed E-state index contributed by atoms with van der Waals surface area (Å²) >= 11 is 0. The number of sulfonamides is 2. The van der Waals surface area contributed by atoms with Crippen molar-refractivity contribution in [2.75, 3.05) is 24.7 Å². The van der Waals surface area contributed by atoms with Crippen molar-refractivity contribution in [3.63, 3.8) is 0 Å². The van der Waals surface area contributed by atoms with Crippen LogP contribution in [0.3, 0.4) is 0 Å². The highest BCUT2D eigenvalue weighted by molar-refractivity contribution is 7.89.